The largest absolute Gasteiger partial charge is 0.348 e. The minimum Gasteiger partial charge on any atom is -0.348 e. The first-order valence-corrected chi connectivity index (χ1v) is 12.2. The summed E-state index contributed by atoms with van der Waals surface area (Å²) in [4.78, 5) is 24.7. The van der Waals surface area contributed by atoms with Crippen molar-refractivity contribution in [1.29, 1.82) is 0 Å². The maximum Gasteiger partial charge on any atom is 0.282 e. The Morgan fingerprint density at radius 3 is 2.71 bits per heavy atom. The number of nitrogens with zero attached hydrogens (tertiary/aromatic N) is 6. The first-order chi connectivity index (χ1) is 16.5. The second kappa shape index (κ2) is 11.6. The molecule has 4 rings (SSSR count). The van der Waals surface area contributed by atoms with Crippen molar-refractivity contribution >= 4 is 22.6 Å². The van der Waals surface area contributed by atoms with Crippen molar-refractivity contribution in [1.82, 2.24) is 24.1 Å². The second-order valence-electron chi connectivity index (χ2n) is 8.05. The Bertz CT molecular complexity index is 1280. The highest BCUT2D eigenvalue weighted by Crippen LogP contribution is 2.28. The smallest absolute Gasteiger partial charge is 0.282 e. The number of allylic oxidation sites excluding steroid dienone is 6. The van der Waals surface area contributed by atoms with E-state index < -0.39 is 0 Å². The van der Waals surface area contributed by atoms with Crippen molar-refractivity contribution in [2.24, 2.45) is 0 Å². The third kappa shape index (κ3) is 5.03. The molecule has 7 heteroatoms. The van der Waals surface area contributed by atoms with Gasteiger partial charge < -0.3 is 4.90 Å². The Morgan fingerprint density at radius 2 is 2.03 bits per heavy atom. The van der Waals surface area contributed by atoms with Gasteiger partial charge in [0, 0.05) is 24.0 Å². The summed E-state index contributed by atoms with van der Waals surface area (Å²) in [7, 11) is 0. The molecule has 0 saturated carbocycles. The van der Waals surface area contributed by atoms with Crippen molar-refractivity contribution in [3.05, 3.63) is 76.4 Å². The van der Waals surface area contributed by atoms with Crippen LogP contribution in [0.2, 0.25) is 0 Å². The number of hydrogen-bond donors (Lipinski definition) is 0. The second-order valence-corrected chi connectivity index (χ2v) is 8.05. The third-order valence-electron chi connectivity index (χ3n) is 5.83. The molecule has 0 saturated heterocycles. The topological polar surface area (TPSA) is 68.3 Å². The average molecular weight is 461 g/mol. The molecule has 0 spiro atoms. The number of aryl methyl sites for hydroxylation is 1. The number of fused-ring (bicyclic) bond motifs is 1. The fraction of sp³-hybridized carbons (Fsp3) is 0.407. The molecule has 0 aliphatic heterocycles. The van der Waals surface area contributed by atoms with E-state index in [1.165, 1.54) is 0 Å². The number of hydrogen-bond acceptors (Lipinski definition) is 5. The van der Waals surface area contributed by atoms with E-state index in [0.29, 0.717) is 17.9 Å². The van der Waals surface area contributed by atoms with Crippen LogP contribution >= 0.6 is 0 Å². The van der Waals surface area contributed by atoms with Gasteiger partial charge in [-0.3, -0.25) is 9.36 Å². The third-order valence-corrected chi connectivity index (χ3v) is 5.83. The molecule has 0 N–H and O–H groups in total. The van der Waals surface area contributed by atoms with Crippen LogP contribution in [0, 0.1) is 6.92 Å². The number of rotatable bonds is 7. The molecule has 3 heterocycles. The van der Waals surface area contributed by atoms with Crippen LogP contribution in [0.5, 0.6) is 0 Å². The first-order valence-electron chi connectivity index (χ1n) is 12.2. The van der Waals surface area contributed by atoms with Crippen molar-refractivity contribution < 1.29 is 0 Å². The van der Waals surface area contributed by atoms with Gasteiger partial charge in [-0.25, -0.2) is 14.5 Å². The van der Waals surface area contributed by atoms with E-state index >= 15 is 0 Å². The van der Waals surface area contributed by atoms with E-state index in [0.717, 1.165) is 54.2 Å². The number of aromatic nitrogens is 5. The molecule has 3 aromatic heterocycles. The quantitative estimate of drug-likeness (QED) is 0.456. The van der Waals surface area contributed by atoms with Gasteiger partial charge in [0.25, 0.3) is 5.56 Å². The van der Waals surface area contributed by atoms with E-state index in [2.05, 4.69) is 46.9 Å². The molecule has 0 bridgehead atoms. The van der Waals surface area contributed by atoms with Crippen LogP contribution in [-0.4, -0.2) is 30.7 Å². The summed E-state index contributed by atoms with van der Waals surface area (Å²) in [5.41, 5.74) is 4.50. The summed E-state index contributed by atoms with van der Waals surface area (Å²) in [6, 6.07) is 3.67. The van der Waals surface area contributed by atoms with Crippen LogP contribution < -0.4 is 10.5 Å². The van der Waals surface area contributed by atoms with Gasteiger partial charge in [0.05, 0.1) is 12.2 Å². The molecule has 180 valence electrons. The van der Waals surface area contributed by atoms with Gasteiger partial charge in [-0.15, -0.1) is 0 Å². The molecule has 0 aromatic carbocycles. The highest BCUT2D eigenvalue weighted by atomic mass is 16.1. The molecule has 34 heavy (non-hydrogen) atoms. The Morgan fingerprint density at radius 1 is 1.24 bits per heavy atom. The monoisotopic (exact) mass is 460 g/mol. The predicted molar refractivity (Wildman–Crippen MR) is 141 cm³/mol. The molecular formula is C27H36N6O. The number of anilines is 1. The lowest BCUT2D eigenvalue weighted by molar-refractivity contribution is 0.668. The lowest BCUT2D eigenvalue weighted by Gasteiger charge is -2.27. The van der Waals surface area contributed by atoms with Crippen LogP contribution in [0.4, 0.5) is 5.82 Å². The minimum absolute atomic E-state index is 0.0574. The van der Waals surface area contributed by atoms with Crippen LogP contribution in [0.15, 0.2) is 53.8 Å². The maximum atomic E-state index is 13.4. The first kappa shape index (κ1) is 25.1. The van der Waals surface area contributed by atoms with Crippen molar-refractivity contribution in [2.75, 3.05) is 11.4 Å². The molecule has 7 nitrogen and oxygen atoms in total. The molecular weight excluding hydrogens is 424 g/mol. The van der Waals surface area contributed by atoms with Gasteiger partial charge in [-0.05, 0) is 63.8 Å². The molecule has 3 aromatic rings. The van der Waals surface area contributed by atoms with Crippen molar-refractivity contribution in [3.63, 3.8) is 0 Å². The minimum atomic E-state index is -0.0574. The van der Waals surface area contributed by atoms with Gasteiger partial charge in [0.1, 0.15) is 17.7 Å². The lowest BCUT2D eigenvalue weighted by atomic mass is 10.1. The van der Waals surface area contributed by atoms with Crippen LogP contribution in [-0.2, 0) is 6.54 Å². The van der Waals surface area contributed by atoms with E-state index in [9.17, 15) is 4.79 Å². The fourth-order valence-electron chi connectivity index (χ4n) is 4.17. The van der Waals surface area contributed by atoms with Gasteiger partial charge in [0.15, 0.2) is 5.82 Å². The van der Waals surface area contributed by atoms with E-state index in [1.807, 2.05) is 52.1 Å². The van der Waals surface area contributed by atoms with Gasteiger partial charge in [-0.2, -0.15) is 5.10 Å². The molecule has 0 radical (unpaired) electrons. The maximum absolute atomic E-state index is 13.4. The summed E-state index contributed by atoms with van der Waals surface area (Å²) in [6.45, 7) is 13.5. The zero-order valence-electron chi connectivity index (χ0n) is 21.2. The van der Waals surface area contributed by atoms with Gasteiger partial charge >= 0.3 is 0 Å². The Balaban J connectivity index is 0.00000158. The summed E-state index contributed by atoms with van der Waals surface area (Å²) >= 11 is 0. The highest BCUT2D eigenvalue weighted by molar-refractivity contribution is 5.74. The molecule has 0 fully saturated rings. The fourth-order valence-corrected chi connectivity index (χ4v) is 4.17. The highest BCUT2D eigenvalue weighted by Gasteiger charge is 2.21. The summed E-state index contributed by atoms with van der Waals surface area (Å²) in [5.74, 6) is 1.56. The van der Waals surface area contributed by atoms with Crippen molar-refractivity contribution in [3.8, 4) is 0 Å². The SMILES string of the molecule is C/C=C(/C)c1c(C)ncnc1N(CCC)Cc1nn2cccc2c(=O)n1C1=CCCC=C1.CC. The van der Waals surface area contributed by atoms with E-state index in [1.54, 1.807) is 15.4 Å². The standard InChI is InChI=1S/C25H30N6O.C2H6/c1-5-14-29(24-23(18(3)6-2)19(4)26-17-27-24)16-22-28-30-15-10-13-21(30)25(32)31(22)20-11-8-7-9-12-20;1-2/h6,8,10-13,15,17H,5,7,9,14,16H2,1-4H3;1-2H3/b18-6-;. The Kier molecular flexibility index (Phi) is 8.57. The van der Waals surface area contributed by atoms with Crippen LogP contribution in [0.1, 0.15) is 71.0 Å². The van der Waals surface area contributed by atoms with E-state index in [-0.39, 0.29) is 5.56 Å². The lowest BCUT2D eigenvalue weighted by Crippen LogP contribution is -2.33. The molecule has 1 aliphatic rings. The Labute approximate surface area is 202 Å². The van der Waals surface area contributed by atoms with Crippen molar-refractivity contribution in [2.45, 2.75) is 67.3 Å². The summed E-state index contributed by atoms with van der Waals surface area (Å²) in [6.07, 6.45) is 14.6. The predicted octanol–water partition coefficient (Wildman–Crippen LogP) is 5.65. The van der Waals surface area contributed by atoms with Crippen LogP contribution in [0.25, 0.3) is 16.8 Å². The zero-order chi connectivity index (χ0) is 24.7. The average Bonchev–Trinajstić information content (AvgIpc) is 3.34. The van der Waals surface area contributed by atoms with Gasteiger partial charge in [0.2, 0.25) is 0 Å². The summed E-state index contributed by atoms with van der Waals surface area (Å²) < 4.78 is 3.43. The van der Waals surface area contributed by atoms with Gasteiger partial charge in [-0.1, -0.05) is 39.0 Å². The normalized spacial score (nSPS) is 13.5. The van der Waals surface area contributed by atoms with Crippen LogP contribution in [0.3, 0.4) is 0 Å². The molecule has 0 amide bonds. The summed E-state index contributed by atoms with van der Waals surface area (Å²) in [5, 5.41) is 4.84. The zero-order valence-corrected chi connectivity index (χ0v) is 21.2. The molecule has 0 unspecified atom stereocenters. The molecule has 1 aliphatic carbocycles. The molecule has 0 atom stereocenters. The Hall–Kier alpha value is -3.48. The van der Waals surface area contributed by atoms with E-state index in [4.69, 9.17) is 5.10 Å².